The number of anilines is 1. The summed E-state index contributed by atoms with van der Waals surface area (Å²) in [5.74, 6) is 0. The summed E-state index contributed by atoms with van der Waals surface area (Å²) in [6.07, 6.45) is 3.54. The van der Waals surface area contributed by atoms with Gasteiger partial charge in [-0.1, -0.05) is 24.3 Å². The van der Waals surface area contributed by atoms with Crippen LogP contribution in [0.15, 0.2) is 59.8 Å². The molecule has 0 aliphatic rings. The Morgan fingerprint density at radius 3 is 2.90 bits per heavy atom. The second-order valence-electron chi connectivity index (χ2n) is 4.47. The van der Waals surface area contributed by atoms with Crippen LogP contribution in [0.3, 0.4) is 0 Å². The molecule has 0 fully saturated rings. The Balaban J connectivity index is 1.78. The van der Waals surface area contributed by atoms with Crippen molar-refractivity contribution in [1.29, 1.82) is 0 Å². The molecule has 2 aromatic carbocycles. The highest BCUT2D eigenvalue weighted by molar-refractivity contribution is 5.99. The predicted octanol–water partition coefficient (Wildman–Crippen LogP) is 3.52. The Morgan fingerprint density at radius 1 is 1.19 bits per heavy atom. The number of para-hydroxylation sites is 1. The molecule has 6 nitrogen and oxygen atoms in total. The van der Waals surface area contributed by atoms with Gasteiger partial charge < -0.3 is 4.98 Å². The number of hydrogen-bond donors (Lipinski definition) is 2. The van der Waals surface area contributed by atoms with Crippen molar-refractivity contribution < 1.29 is 4.92 Å². The van der Waals surface area contributed by atoms with Gasteiger partial charge in [0.1, 0.15) is 0 Å². The third-order valence-electron chi connectivity index (χ3n) is 3.08. The number of nitrogens with one attached hydrogen (secondary N) is 2. The van der Waals surface area contributed by atoms with E-state index in [1.54, 1.807) is 18.3 Å². The molecule has 104 valence electrons. The first kappa shape index (κ1) is 12.9. The number of nitrogens with zero attached hydrogens (tertiary/aromatic N) is 2. The third-order valence-corrected chi connectivity index (χ3v) is 3.08. The zero-order valence-corrected chi connectivity index (χ0v) is 11.0. The van der Waals surface area contributed by atoms with Crippen molar-refractivity contribution in [2.75, 3.05) is 5.43 Å². The predicted molar refractivity (Wildman–Crippen MR) is 82.6 cm³/mol. The maximum atomic E-state index is 10.7. The molecule has 3 aromatic rings. The fourth-order valence-electron chi connectivity index (χ4n) is 2.07. The van der Waals surface area contributed by atoms with E-state index in [0.29, 0.717) is 5.69 Å². The van der Waals surface area contributed by atoms with Crippen LogP contribution in [0.1, 0.15) is 5.56 Å². The molecule has 0 spiro atoms. The first-order valence-electron chi connectivity index (χ1n) is 6.34. The van der Waals surface area contributed by atoms with Crippen LogP contribution in [0.5, 0.6) is 0 Å². The van der Waals surface area contributed by atoms with Gasteiger partial charge in [-0.15, -0.1) is 0 Å². The number of H-pyrrole nitrogens is 1. The number of fused-ring (bicyclic) bond motifs is 1. The maximum Gasteiger partial charge on any atom is 0.271 e. The molecule has 0 amide bonds. The minimum Gasteiger partial charge on any atom is -0.361 e. The summed E-state index contributed by atoms with van der Waals surface area (Å²) in [6, 6.07) is 14.1. The minimum absolute atomic E-state index is 0.0299. The van der Waals surface area contributed by atoms with Gasteiger partial charge in [-0.2, -0.15) is 5.10 Å². The van der Waals surface area contributed by atoms with Crippen LogP contribution in [-0.4, -0.2) is 16.1 Å². The van der Waals surface area contributed by atoms with Crippen molar-refractivity contribution in [3.63, 3.8) is 0 Å². The summed E-state index contributed by atoms with van der Waals surface area (Å²) < 4.78 is 0. The average molecular weight is 280 g/mol. The van der Waals surface area contributed by atoms with E-state index in [-0.39, 0.29) is 5.69 Å². The molecule has 0 bridgehead atoms. The maximum absolute atomic E-state index is 10.7. The molecule has 3 rings (SSSR count). The summed E-state index contributed by atoms with van der Waals surface area (Å²) >= 11 is 0. The summed E-state index contributed by atoms with van der Waals surface area (Å²) in [5.41, 5.74) is 5.38. The van der Waals surface area contributed by atoms with Crippen molar-refractivity contribution >= 4 is 28.5 Å². The molecule has 6 heteroatoms. The van der Waals surface area contributed by atoms with Crippen molar-refractivity contribution in [2.24, 2.45) is 5.10 Å². The van der Waals surface area contributed by atoms with Crippen LogP contribution in [-0.2, 0) is 0 Å². The van der Waals surface area contributed by atoms with E-state index in [0.717, 1.165) is 16.5 Å². The molecule has 0 aliphatic carbocycles. The quantitative estimate of drug-likeness (QED) is 0.435. The highest BCUT2D eigenvalue weighted by atomic mass is 16.6. The van der Waals surface area contributed by atoms with E-state index >= 15 is 0 Å². The number of aromatic amines is 1. The molecular formula is C15H12N4O2. The second kappa shape index (κ2) is 5.46. The van der Waals surface area contributed by atoms with Crippen molar-refractivity contribution in [2.45, 2.75) is 0 Å². The zero-order chi connectivity index (χ0) is 14.7. The molecule has 0 radical (unpaired) electrons. The lowest BCUT2D eigenvalue weighted by Gasteiger charge is -1.99. The second-order valence-corrected chi connectivity index (χ2v) is 4.47. The summed E-state index contributed by atoms with van der Waals surface area (Å²) in [7, 11) is 0. The fraction of sp³-hybridized carbons (Fsp3) is 0. The van der Waals surface area contributed by atoms with E-state index in [4.69, 9.17) is 0 Å². The van der Waals surface area contributed by atoms with E-state index in [9.17, 15) is 10.1 Å². The highest BCUT2D eigenvalue weighted by Gasteiger charge is 2.04. The number of non-ortho nitro benzene ring substituents is 1. The Hall–Kier alpha value is -3.15. The summed E-state index contributed by atoms with van der Waals surface area (Å²) in [5, 5.41) is 15.9. The van der Waals surface area contributed by atoms with Gasteiger partial charge in [0.25, 0.3) is 5.69 Å². The zero-order valence-electron chi connectivity index (χ0n) is 11.0. The Morgan fingerprint density at radius 2 is 2.05 bits per heavy atom. The van der Waals surface area contributed by atoms with Gasteiger partial charge >= 0.3 is 0 Å². The van der Waals surface area contributed by atoms with E-state index in [2.05, 4.69) is 15.5 Å². The number of hydrogen-bond acceptors (Lipinski definition) is 4. The van der Waals surface area contributed by atoms with Crippen LogP contribution in [0.4, 0.5) is 11.4 Å². The van der Waals surface area contributed by atoms with Crippen LogP contribution < -0.4 is 5.43 Å². The van der Waals surface area contributed by atoms with Crippen LogP contribution in [0, 0.1) is 10.1 Å². The average Bonchev–Trinajstić information content (AvgIpc) is 2.91. The number of nitro groups is 1. The lowest BCUT2D eigenvalue weighted by Crippen LogP contribution is -1.92. The van der Waals surface area contributed by atoms with E-state index in [1.165, 1.54) is 12.1 Å². The number of benzene rings is 2. The Labute approximate surface area is 120 Å². The molecule has 1 heterocycles. The normalized spacial score (nSPS) is 11.0. The van der Waals surface area contributed by atoms with E-state index in [1.807, 2.05) is 30.5 Å². The van der Waals surface area contributed by atoms with Crippen LogP contribution in [0.25, 0.3) is 10.9 Å². The third kappa shape index (κ3) is 2.74. The van der Waals surface area contributed by atoms with Gasteiger partial charge in [0, 0.05) is 34.8 Å². The van der Waals surface area contributed by atoms with Crippen LogP contribution in [0.2, 0.25) is 0 Å². The molecule has 1 aromatic heterocycles. The van der Waals surface area contributed by atoms with Gasteiger partial charge in [-0.05, 0) is 12.1 Å². The monoisotopic (exact) mass is 280 g/mol. The Kier molecular flexibility index (Phi) is 3.34. The molecule has 0 atom stereocenters. The molecule has 0 aliphatic heterocycles. The summed E-state index contributed by atoms with van der Waals surface area (Å²) in [4.78, 5) is 13.4. The van der Waals surface area contributed by atoms with Gasteiger partial charge in [0.2, 0.25) is 0 Å². The largest absolute Gasteiger partial charge is 0.361 e. The molecule has 0 unspecified atom stereocenters. The Bertz CT molecular complexity index is 823. The molecule has 0 saturated heterocycles. The van der Waals surface area contributed by atoms with Crippen molar-refractivity contribution in [1.82, 2.24) is 4.98 Å². The lowest BCUT2D eigenvalue weighted by atomic mass is 10.2. The van der Waals surface area contributed by atoms with Gasteiger partial charge in [0.05, 0.1) is 16.8 Å². The summed E-state index contributed by atoms with van der Waals surface area (Å²) in [6.45, 7) is 0. The molecule has 2 N–H and O–H groups in total. The van der Waals surface area contributed by atoms with E-state index < -0.39 is 4.92 Å². The highest BCUT2D eigenvalue weighted by Crippen LogP contribution is 2.18. The smallest absolute Gasteiger partial charge is 0.271 e. The molecular weight excluding hydrogens is 268 g/mol. The van der Waals surface area contributed by atoms with Crippen LogP contribution >= 0.6 is 0 Å². The van der Waals surface area contributed by atoms with Crippen molar-refractivity contribution in [3.8, 4) is 0 Å². The standard InChI is InChI=1S/C15H12N4O2/c20-19(21)13-5-3-4-12(8-13)18-17-10-11-9-16-15-7-2-1-6-14(11)15/h1-10,16,18H. The lowest BCUT2D eigenvalue weighted by molar-refractivity contribution is -0.384. The first-order valence-corrected chi connectivity index (χ1v) is 6.34. The molecule has 0 saturated carbocycles. The number of rotatable bonds is 4. The number of hydrazone groups is 1. The molecule has 21 heavy (non-hydrogen) atoms. The van der Waals surface area contributed by atoms with Gasteiger partial charge in [0.15, 0.2) is 0 Å². The number of aromatic nitrogens is 1. The topological polar surface area (TPSA) is 83.3 Å². The SMILES string of the molecule is O=[N+]([O-])c1cccc(NN=Cc2c[nH]c3ccccc23)c1. The fourth-order valence-corrected chi connectivity index (χ4v) is 2.07. The minimum atomic E-state index is -0.436. The number of nitro benzene ring substituents is 1. The first-order chi connectivity index (χ1) is 10.2. The van der Waals surface area contributed by atoms with Gasteiger partial charge in [-0.25, -0.2) is 0 Å². The van der Waals surface area contributed by atoms with Gasteiger partial charge in [-0.3, -0.25) is 15.5 Å². The van der Waals surface area contributed by atoms with Crippen molar-refractivity contribution in [3.05, 3.63) is 70.4 Å².